The molecular weight excluding hydrogens is 196 g/mol. The topological polar surface area (TPSA) is 35.5 Å². The molecule has 2 N–H and O–H groups in total. The summed E-state index contributed by atoms with van der Waals surface area (Å²) in [7, 11) is 2.13. The van der Waals surface area contributed by atoms with Crippen molar-refractivity contribution < 1.29 is 5.11 Å². The molecule has 0 bridgehead atoms. The Morgan fingerprint density at radius 2 is 2.14 bits per heavy atom. The summed E-state index contributed by atoms with van der Waals surface area (Å²) in [5.41, 5.74) is -0.388. The first-order valence-electron chi connectivity index (χ1n) is 5.46. The van der Waals surface area contributed by atoms with Gasteiger partial charge in [-0.3, -0.25) is 4.72 Å². The third kappa shape index (κ3) is 2.24. The van der Waals surface area contributed by atoms with Gasteiger partial charge in [-0.15, -0.1) is 0 Å². The van der Waals surface area contributed by atoms with E-state index in [4.69, 9.17) is 0 Å². The molecule has 0 aliphatic carbocycles. The fraction of sp³-hybridized carbons (Fsp3) is 1.00. The largest absolute Gasteiger partial charge is 0.389 e. The van der Waals surface area contributed by atoms with E-state index in [0.29, 0.717) is 5.92 Å². The quantitative estimate of drug-likeness (QED) is 0.633. The van der Waals surface area contributed by atoms with Crippen molar-refractivity contribution in [3.05, 3.63) is 0 Å². The van der Waals surface area contributed by atoms with E-state index in [1.54, 1.807) is 11.9 Å². The first-order chi connectivity index (χ1) is 6.71. The molecule has 0 saturated carbocycles. The molecular formula is C10H20N2OS. The molecule has 0 aromatic carbocycles. The van der Waals surface area contributed by atoms with Crippen LogP contribution in [-0.2, 0) is 0 Å². The summed E-state index contributed by atoms with van der Waals surface area (Å²) in [5, 5.41) is 10.5. The Labute approximate surface area is 90.4 Å². The molecule has 2 fully saturated rings. The van der Waals surface area contributed by atoms with E-state index in [0.717, 1.165) is 44.6 Å². The van der Waals surface area contributed by atoms with Gasteiger partial charge in [-0.2, -0.15) is 0 Å². The molecule has 0 spiro atoms. The maximum absolute atomic E-state index is 10.5. The summed E-state index contributed by atoms with van der Waals surface area (Å²) in [5.74, 6) is 1.61. The van der Waals surface area contributed by atoms with E-state index in [2.05, 4.69) is 16.7 Å². The molecule has 2 heterocycles. The van der Waals surface area contributed by atoms with Gasteiger partial charge in [0.2, 0.25) is 0 Å². The summed E-state index contributed by atoms with van der Waals surface area (Å²) in [6.07, 6.45) is 3.05. The van der Waals surface area contributed by atoms with Crippen LogP contribution in [0.3, 0.4) is 0 Å². The van der Waals surface area contributed by atoms with Crippen molar-refractivity contribution in [1.29, 1.82) is 0 Å². The van der Waals surface area contributed by atoms with Gasteiger partial charge in [-0.1, -0.05) is 11.9 Å². The van der Waals surface area contributed by atoms with Crippen LogP contribution in [0.5, 0.6) is 0 Å². The number of likely N-dealkylation sites (tertiary alicyclic amines) is 1. The summed E-state index contributed by atoms with van der Waals surface area (Å²) in [6, 6.07) is 0. The first kappa shape index (κ1) is 10.7. The van der Waals surface area contributed by atoms with Crippen molar-refractivity contribution >= 4 is 11.9 Å². The van der Waals surface area contributed by atoms with Gasteiger partial charge in [0.15, 0.2) is 0 Å². The minimum atomic E-state index is -0.388. The molecule has 14 heavy (non-hydrogen) atoms. The monoisotopic (exact) mass is 216 g/mol. The highest BCUT2D eigenvalue weighted by Gasteiger charge is 2.39. The third-order valence-corrected chi connectivity index (χ3v) is 4.42. The molecule has 0 radical (unpaired) electrons. The van der Waals surface area contributed by atoms with Crippen molar-refractivity contribution in [3.8, 4) is 0 Å². The van der Waals surface area contributed by atoms with E-state index < -0.39 is 0 Å². The minimum absolute atomic E-state index is 0.388. The lowest BCUT2D eigenvalue weighted by molar-refractivity contribution is -0.0629. The van der Waals surface area contributed by atoms with E-state index in [1.807, 2.05) is 0 Å². The van der Waals surface area contributed by atoms with E-state index in [-0.39, 0.29) is 5.60 Å². The van der Waals surface area contributed by atoms with Crippen LogP contribution < -0.4 is 4.72 Å². The zero-order valence-electron chi connectivity index (χ0n) is 8.83. The maximum Gasteiger partial charge on any atom is 0.0712 e. The van der Waals surface area contributed by atoms with Crippen molar-refractivity contribution in [3.63, 3.8) is 0 Å². The van der Waals surface area contributed by atoms with Crippen molar-refractivity contribution in [2.75, 3.05) is 32.4 Å². The zero-order chi connectivity index (χ0) is 10.0. The number of nitrogens with zero attached hydrogens (tertiary/aromatic N) is 1. The minimum Gasteiger partial charge on any atom is -0.389 e. The van der Waals surface area contributed by atoms with Gasteiger partial charge >= 0.3 is 0 Å². The molecule has 2 aliphatic rings. The molecule has 2 aliphatic heterocycles. The number of hydrogen-bond acceptors (Lipinski definition) is 4. The zero-order valence-corrected chi connectivity index (χ0v) is 9.65. The Bertz CT molecular complexity index is 187. The fourth-order valence-electron chi connectivity index (χ4n) is 2.41. The standard InChI is InChI=1S/C10H20N2OS/c1-12-5-3-10(13,4-6-12)9-2-7-14-11-8-9/h9,11,13H,2-8H2,1H3. The third-order valence-electron chi connectivity index (χ3n) is 3.61. The van der Waals surface area contributed by atoms with Crippen molar-refractivity contribution in [2.24, 2.45) is 5.92 Å². The average Bonchev–Trinajstić information content (AvgIpc) is 2.24. The van der Waals surface area contributed by atoms with Crippen molar-refractivity contribution in [1.82, 2.24) is 9.62 Å². The molecule has 1 atom stereocenters. The van der Waals surface area contributed by atoms with Crippen LogP contribution in [0.1, 0.15) is 19.3 Å². The summed E-state index contributed by atoms with van der Waals surface area (Å²) in [4.78, 5) is 2.31. The Hall–Kier alpha value is 0.230. The van der Waals surface area contributed by atoms with E-state index in [1.165, 1.54) is 0 Å². The number of rotatable bonds is 1. The lowest BCUT2D eigenvalue weighted by atomic mass is 9.78. The highest BCUT2D eigenvalue weighted by atomic mass is 32.2. The van der Waals surface area contributed by atoms with Gasteiger partial charge in [0.05, 0.1) is 5.60 Å². The normalized spacial score (nSPS) is 34.3. The molecule has 0 aromatic heterocycles. The molecule has 2 rings (SSSR count). The van der Waals surface area contributed by atoms with Crippen LogP contribution in [0.4, 0.5) is 0 Å². The van der Waals surface area contributed by atoms with Crippen molar-refractivity contribution in [2.45, 2.75) is 24.9 Å². The molecule has 1 unspecified atom stereocenters. The van der Waals surface area contributed by atoms with Crippen LogP contribution in [0.15, 0.2) is 0 Å². The summed E-state index contributed by atoms with van der Waals surface area (Å²) < 4.78 is 3.31. The maximum atomic E-state index is 10.5. The Morgan fingerprint density at radius 3 is 2.71 bits per heavy atom. The summed E-state index contributed by atoms with van der Waals surface area (Å²) >= 11 is 1.79. The van der Waals surface area contributed by atoms with Crippen LogP contribution in [0, 0.1) is 5.92 Å². The molecule has 0 amide bonds. The van der Waals surface area contributed by atoms with Crippen LogP contribution in [0.25, 0.3) is 0 Å². The Morgan fingerprint density at radius 1 is 1.43 bits per heavy atom. The van der Waals surface area contributed by atoms with Crippen LogP contribution >= 0.6 is 11.9 Å². The second-order valence-electron chi connectivity index (χ2n) is 4.59. The fourth-order valence-corrected chi connectivity index (χ4v) is 3.27. The van der Waals surface area contributed by atoms with Gasteiger partial charge < -0.3 is 10.0 Å². The van der Waals surface area contributed by atoms with Gasteiger partial charge in [0, 0.05) is 31.3 Å². The first-order valence-corrected chi connectivity index (χ1v) is 6.45. The lowest BCUT2D eigenvalue weighted by Crippen LogP contribution is -2.51. The molecule has 3 nitrogen and oxygen atoms in total. The van der Waals surface area contributed by atoms with Crippen LogP contribution in [0.2, 0.25) is 0 Å². The van der Waals surface area contributed by atoms with Gasteiger partial charge in [0.25, 0.3) is 0 Å². The second kappa shape index (κ2) is 4.39. The highest BCUT2D eigenvalue weighted by Crippen LogP contribution is 2.33. The predicted octanol–water partition coefficient (Wildman–Crippen LogP) is 0.701. The smallest absolute Gasteiger partial charge is 0.0712 e. The second-order valence-corrected chi connectivity index (χ2v) is 5.57. The predicted molar refractivity (Wildman–Crippen MR) is 60.2 cm³/mol. The van der Waals surface area contributed by atoms with E-state index in [9.17, 15) is 5.11 Å². The Balaban J connectivity index is 1.93. The SMILES string of the molecule is CN1CCC(O)(C2CCSNC2)CC1. The van der Waals surface area contributed by atoms with Gasteiger partial charge in [-0.25, -0.2) is 0 Å². The number of hydrogen-bond donors (Lipinski definition) is 2. The molecule has 4 heteroatoms. The van der Waals surface area contributed by atoms with E-state index >= 15 is 0 Å². The Kier molecular flexibility index (Phi) is 3.37. The lowest BCUT2D eigenvalue weighted by Gasteiger charge is -2.43. The van der Waals surface area contributed by atoms with Gasteiger partial charge in [0.1, 0.15) is 0 Å². The number of aliphatic hydroxyl groups is 1. The van der Waals surface area contributed by atoms with Gasteiger partial charge in [-0.05, 0) is 26.3 Å². The molecule has 82 valence electrons. The number of piperidine rings is 1. The average molecular weight is 216 g/mol. The van der Waals surface area contributed by atoms with Crippen LogP contribution in [-0.4, -0.2) is 48.0 Å². The number of nitrogens with one attached hydrogen (secondary N) is 1. The molecule has 2 saturated heterocycles. The molecule has 0 aromatic rings. The highest BCUT2D eigenvalue weighted by molar-refractivity contribution is 7.97. The summed E-state index contributed by atoms with van der Waals surface area (Å²) in [6.45, 7) is 3.06.